The van der Waals surface area contributed by atoms with Crippen molar-refractivity contribution < 1.29 is 9.90 Å². The van der Waals surface area contributed by atoms with Gasteiger partial charge in [-0.05, 0) is 32.7 Å². The van der Waals surface area contributed by atoms with Crippen molar-refractivity contribution in [3.8, 4) is 0 Å². The van der Waals surface area contributed by atoms with E-state index in [-0.39, 0.29) is 17.9 Å². The predicted octanol–water partition coefficient (Wildman–Crippen LogP) is -0.303. The standard InChI is InChI=1S/C17H30N6O2/c1-18-10-16(25)23-7-3-4-13(11-23)17-20-19-15(21(17)2)12-22-8-5-14(24)6-9-22/h13-14,18,24H,3-12H2,1-2H3/t13-/m1/s1. The Kier molecular flexibility index (Phi) is 6.03. The zero-order valence-corrected chi connectivity index (χ0v) is 15.3. The Morgan fingerprint density at radius 2 is 2.00 bits per heavy atom. The summed E-state index contributed by atoms with van der Waals surface area (Å²) in [5.74, 6) is 2.35. The van der Waals surface area contributed by atoms with Gasteiger partial charge in [0.05, 0.1) is 19.2 Å². The number of nitrogens with one attached hydrogen (secondary N) is 1. The van der Waals surface area contributed by atoms with Gasteiger partial charge in [-0.25, -0.2) is 0 Å². The van der Waals surface area contributed by atoms with Crippen LogP contribution < -0.4 is 5.32 Å². The first-order valence-electron chi connectivity index (χ1n) is 9.29. The van der Waals surface area contributed by atoms with E-state index in [2.05, 4.69) is 25.0 Å². The third kappa shape index (κ3) is 4.37. The van der Waals surface area contributed by atoms with Gasteiger partial charge >= 0.3 is 0 Å². The molecule has 2 aliphatic heterocycles. The van der Waals surface area contributed by atoms with Gasteiger partial charge in [-0.1, -0.05) is 0 Å². The van der Waals surface area contributed by atoms with E-state index in [0.29, 0.717) is 6.54 Å². The number of aliphatic hydroxyl groups excluding tert-OH is 1. The van der Waals surface area contributed by atoms with E-state index in [1.807, 2.05) is 11.9 Å². The van der Waals surface area contributed by atoms with Crippen molar-refractivity contribution in [2.24, 2.45) is 7.05 Å². The molecule has 0 spiro atoms. The van der Waals surface area contributed by atoms with Crippen LogP contribution in [0.4, 0.5) is 0 Å². The number of hydrogen-bond donors (Lipinski definition) is 2. The Bertz CT molecular complexity index is 582. The molecule has 3 heterocycles. The first-order chi connectivity index (χ1) is 12.1. The third-order valence-corrected chi connectivity index (χ3v) is 5.39. The van der Waals surface area contributed by atoms with Crippen LogP contribution in [0.5, 0.6) is 0 Å². The van der Waals surface area contributed by atoms with Crippen molar-refractivity contribution in [3.63, 3.8) is 0 Å². The lowest BCUT2D eigenvalue weighted by Gasteiger charge is -2.32. The fraction of sp³-hybridized carbons (Fsp3) is 0.824. The minimum absolute atomic E-state index is 0.154. The normalized spacial score (nSPS) is 23.2. The number of aliphatic hydroxyl groups is 1. The number of amides is 1. The van der Waals surface area contributed by atoms with Gasteiger partial charge in [0.15, 0.2) is 0 Å². The van der Waals surface area contributed by atoms with Crippen molar-refractivity contribution in [2.45, 2.75) is 44.2 Å². The van der Waals surface area contributed by atoms with E-state index in [1.165, 1.54) is 0 Å². The Morgan fingerprint density at radius 1 is 1.24 bits per heavy atom. The molecule has 3 rings (SSSR count). The van der Waals surface area contributed by atoms with Crippen LogP contribution in [-0.4, -0.2) is 81.5 Å². The molecule has 0 saturated carbocycles. The number of likely N-dealkylation sites (N-methyl/N-ethyl adjacent to an activating group) is 1. The highest BCUT2D eigenvalue weighted by molar-refractivity contribution is 5.78. The first-order valence-corrected chi connectivity index (χ1v) is 9.29. The summed E-state index contributed by atoms with van der Waals surface area (Å²) in [7, 11) is 3.83. The average Bonchev–Trinajstić information content (AvgIpc) is 2.98. The summed E-state index contributed by atoms with van der Waals surface area (Å²) in [6, 6.07) is 0. The second-order valence-corrected chi connectivity index (χ2v) is 7.25. The van der Waals surface area contributed by atoms with Crippen LogP contribution in [0.15, 0.2) is 0 Å². The SMILES string of the molecule is CNCC(=O)N1CCC[C@@H](c2nnc(CN3CCC(O)CC3)n2C)C1. The maximum absolute atomic E-state index is 12.1. The lowest BCUT2D eigenvalue weighted by molar-refractivity contribution is -0.131. The van der Waals surface area contributed by atoms with Gasteiger partial charge < -0.3 is 19.9 Å². The van der Waals surface area contributed by atoms with Crippen LogP contribution in [0.2, 0.25) is 0 Å². The van der Waals surface area contributed by atoms with E-state index < -0.39 is 0 Å². The molecule has 2 N–H and O–H groups in total. The Balaban J connectivity index is 1.63. The average molecular weight is 350 g/mol. The van der Waals surface area contributed by atoms with Crippen LogP contribution >= 0.6 is 0 Å². The number of carbonyl (C=O) groups is 1. The van der Waals surface area contributed by atoms with Crippen molar-refractivity contribution in [1.29, 1.82) is 0 Å². The van der Waals surface area contributed by atoms with Crippen LogP contribution in [0, 0.1) is 0 Å². The molecule has 1 atom stereocenters. The van der Waals surface area contributed by atoms with Gasteiger partial charge in [0, 0.05) is 39.1 Å². The number of carbonyl (C=O) groups excluding carboxylic acids is 1. The molecular formula is C17H30N6O2. The largest absolute Gasteiger partial charge is 0.393 e. The molecule has 0 radical (unpaired) electrons. The van der Waals surface area contributed by atoms with E-state index in [0.717, 1.165) is 70.1 Å². The highest BCUT2D eigenvalue weighted by Gasteiger charge is 2.28. The molecule has 8 nitrogen and oxygen atoms in total. The monoisotopic (exact) mass is 350 g/mol. The highest BCUT2D eigenvalue weighted by Crippen LogP contribution is 2.26. The minimum Gasteiger partial charge on any atom is -0.393 e. The molecule has 0 bridgehead atoms. The topological polar surface area (TPSA) is 86.5 Å². The summed E-state index contributed by atoms with van der Waals surface area (Å²) in [6.07, 6.45) is 3.55. The molecule has 140 valence electrons. The molecule has 1 aromatic heterocycles. The fourth-order valence-corrected chi connectivity index (χ4v) is 3.82. The van der Waals surface area contributed by atoms with E-state index in [1.54, 1.807) is 7.05 Å². The van der Waals surface area contributed by atoms with Crippen LogP contribution in [-0.2, 0) is 18.4 Å². The molecule has 2 saturated heterocycles. The lowest BCUT2D eigenvalue weighted by atomic mass is 9.97. The predicted molar refractivity (Wildman–Crippen MR) is 94.0 cm³/mol. The summed E-state index contributed by atoms with van der Waals surface area (Å²) in [4.78, 5) is 16.4. The number of hydrogen-bond acceptors (Lipinski definition) is 6. The summed E-state index contributed by atoms with van der Waals surface area (Å²) >= 11 is 0. The van der Waals surface area contributed by atoms with Gasteiger partial charge in [0.1, 0.15) is 11.6 Å². The van der Waals surface area contributed by atoms with Crippen LogP contribution in [0.25, 0.3) is 0 Å². The molecule has 2 aliphatic rings. The zero-order valence-electron chi connectivity index (χ0n) is 15.3. The Labute approximate surface area is 149 Å². The van der Waals surface area contributed by atoms with Gasteiger partial charge in [-0.3, -0.25) is 9.69 Å². The van der Waals surface area contributed by atoms with Gasteiger partial charge in [0.25, 0.3) is 0 Å². The number of piperidine rings is 2. The summed E-state index contributed by atoms with van der Waals surface area (Å²) in [5, 5.41) is 21.4. The quantitative estimate of drug-likeness (QED) is 0.758. The van der Waals surface area contributed by atoms with Gasteiger partial charge in [-0.15, -0.1) is 10.2 Å². The zero-order chi connectivity index (χ0) is 17.8. The van der Waals surface area contributed by atoms with E-state index in [4.69, 9.17) is 0 Å². The van der Waals surface area contributed by atoms with Crippen molar-refractivity contribution in [2.75, 3.05) is 39.8 Å². The first kappa shape index (κ1) is 18.3. The molecule has 1 amide bonds. The Morgan fingerprint density at radius 3 is 2.72 bits per heavy atom. The molecular weight excluding hydrogens is 320 g/mol. The maximum atomic E-state index is 12.1. The maximum Gasteiger partial charge on any atom is 0.236 e. The van der Waals surface area contributed by atoms with Crippen molar-refractivity contribution in [3.05, 3.63) is 11.6 Å². The van der Waals surface area contributed by atoms with Gasteiger partial charge in [-0.2, -0.15) is 0 Å². The number of rotatable bonds is 5. The fourth-order valence-electron chi connectivity index (χ4n) is 3.82. The van der Waals surface area contributed by atoms with Crippen molar-refractivity contribution in [1.82, 2.24) is 29.9 Å². The molecule has 25 heavy (non-hydrogen) atoms. The molecule has 0 aliphatic carbocycles. The van der Waals surface area contributed by atoms with Crippen molar-refractivity contribution >= 4 is 5.91 Å². The highest BCUT2D eigenvalue weighted by atomic mass is 16.3. The smallest absolute Gasteiger partial charge is 0.236 e. The molecule has 2 fully saturated rings. The molecule has 0 unspecified atom stereocenters. The lowest BCUT2D eigenvalue weighted by Crippen LogP contribution is -2.43. The summed E-state index contributed by atoms with van der Waals surface area (Å²) in [5.41, 5.74) is 0. The van der Waals surface area contributed by atoms with Crippen LogP contribution in [0.1, 0.15) is 43.3 Å². The van der Waals surface area contributed by atoms with E-state index >= 15 is 0 Å². The molecule has 0 aromatic carbocycles. The molecule has 8 heteroatoms. The number of likely N-dealkylation sites (tertiary alicyclic amines) is 2. The minimum atomic E-state index is -0.158. The van der Waals surface area contributed by atoms with Crippen LogP contribution in [0.3, 0.4) is 0 Å². The Hall–Kier alpha value is -1.51. The van der Waals surface area contributed by atoms with E-state index in [9.17, 15) is 9.90 Å². The number of aromatic nitrogens is 3. The summed E-state index contributed by atoms with van der Waals surface area (Å²) < 4.78 is 2.10. The third-order valence-electron chi connectivity index (χ3n) is 5.39. The second-order valence-electron chi connectivity index (χ2n) is 7.25. The number of nitrogens with zero attached hydrogens (tertiary/aromatic N) is 5. The second kappa shape index (κ2) is 8.25. The van der Waals surface area contributed by atoms with Gasteiger partial charge in [0.2, 0.25) is 5.91 Å². The summed E-state index contributed by atoms with van der Waals surface area (Å²) in [6.45, 7) is 4.52. The molecule has 1 aromatic rings.